The molecule has 0 saturated carbocycles. The van der Waals surface area contributed by atoms with Gasteiger partial charge in [-0.05, 0) is 6.42 Å². The fourth-order valence-corrected chi connectivity index (χ4v) is 3.66. The van der Waals surface area contributed by atoms with Crippen LogP contribution in [0.4, 0.5) is 10.2 Å². The Morgan fingerprint density at radius 3 is 2.88 bits per heavy atom. The maximum absolute atomic E-state index is 13.8. The van der Waals surface area contributed by atoms with E-state index >= 15 is 0 Å². The van der Waals surface area contributed by atoms with Crippen LogP contribution in [0.2, 0.25) is 0 Å². The zero-order chi connectivity index (χ0) is 23.3. The normalized spacial score (nSPS) is 22.6. The second-order valence-corrected chi connectivity index (χ2v) is 7.62. The number of hydrogen-bond donors (Lipinski definition) is 1. The van der Waals surface area contributed by atoms with Gasteiger partial charge in [0.25, 0.3) is 0 Å². The lowest BCUT2D eigenvalue weighted by molar-refractivity contribution is -0.163. The number of aromatic nitrogens is 4. The van der Waals surface area contributed by atoms with Crippen LogP contribution in [0.5, 0.6) is 0 Å². The quantitative estimate of drug-likeness (QED) is 0.265. The Morgan fingerprint density at radius 2 is 2.19 bits per heavy atom. The number of nitrogens with two attached hydrogens (primary N) is 1. The van der Waals surface area contributed by atoms with Gasteiger partial charge in [0.05, 0.1) is 12.9 Å². The number of nitrogen functional groups attached to an aromatic ring is 1. The second kappa shape index (κ2) is 9.91. The average Bonchev–Trinajstić information content (AvgIpc) is 3.31. The molecule has 1 aliphatic rings. The molecule has 0 bridgehead atoms. The van der Waals surface area contributed by atoms with Gasteiger partial charge in [-0.15, -0.1) is 6.42 Å². The van der Waals surface area contributed by atoms with Crippen molar-refractivity contribution in [2.45, 2.75) is 63.7 Å². The lowest BCUT2D eigenvalue weighted by atomic mass is 9.95. The van der Waals surface area contributed by atoms with Crippen LogP contribution in [-0.4, -0.2) is 56.4 Å². The first-order chi connectivity index (χ1) is 15.3. The molecule has 3 atom stereocenters. The van der Waals surface area contributed by atoms with E-state index in [0.29, 0.717) is 6.42 Å². The van der Waals surface area contributed by atoms with E-state index in [0.717, 1.165) is 19.3 Å². The standard InChI is InChI=1S/C21H26FN5O5/c1-4-6-7-8-9-15(29)32-17-14(10-31-21(17,5-2)11-30-13(3)28)27-12-24-16-18(23)25-20(22)26-19(16)27/h2,12,14,17H,4,6-11H2,1,3H3,(H2,23,25,26)/t14?,17-,21+/m0/s1. The van der Waals surface area contributed by atoms with Crippen LogP contribution in [0.3, 0.4) is 0 Å². The Bertz CT molecular complexity index is 1040. The number of hydrogen-bond acceptors (Lipinski definition) is 9. The number of halogens is 1. The maximum Gasteiger partial charge on any atom is 0.312 e. The lowest BCUT2D eigenvalue weighted by Crippen LogP contribution is -2.47. The predicted molar refractivity (Wildman–Crippen MR) is 112 cm³/mol. The minimum absolute atomic E-state index is 0.0176. The molecule has 0 spiro atoms. The number of imidazole rings is 1. The van der Waals surface area contributed by atoms with Crippen molar-refractivity contribution in [3.05, 3.63) is 12.4 Å². The molecule has 172 valence electrons. The summed E-state index contributed by atoms with van der Waals surface area (Å²) in [5, 5.41) is 0. The smallest absolute Gasteiger partial charge is 0.312 e. The third-order valence-corrected chi connectivity index (χ3v) is 5.33. The third-order valence-electron chi connectivity index (χ3n) is 5.33. The highest BCUT2D eigenvalue weighted by Crippen LogP contribution is 2.38. The Hall–Kier alpha value is -3.26. The van der Waals surface area contributed by atoms with Gasteiger partial charge in [-0.2, -0.15) is 14.4 Å². The number of carbonyl (C=O) groups excluding carboxylic acids is 2. The molecule has 10 nitrogen and oxygen atoms in total. The van der Waals surface area contributed by atoms with Crippen molar-refractivity contribution in [2.24, 2.45) is 0 Å². The Labute approximate surface area is 184 Å². The van der Waals surface area contributed by atoms with Crippen molar-refractivity contribution < 1.29 is 28.2 Å². The number of ether oxygens (including phenoxy) is 3. The molecule has 2 N–H and O–H groups in total. The SMILES string of the molecule is C#C[C@]1(COC(C)=O)OCC(n2cnc3c(N)nc(F)nc32)[C@@H]1OC(=O)CCCCCC. The summed E-state index contributed by atoms with van der Waals surface area (Å²) in [6, 6.07) is -0.708. The fraction of sp³-hybridized carbons (Fsp3) is 0.571. The number of fused-ring (bicyclic) bond motifs is 1. The molecule has 1 fully saturated rings. The summed E-state index contributed by atoms with van der Waals surface area (Å²) in [6.45, 7) is 2.97. The monoisotopic (exact) mass is 447 g/mol. The number of terminal acetylenes is 1. The zero-order valence-electron chi connectivity index (χ0n) is 18.0. The summed E-state index contributed by atoms with van der Waals surface area (Å²) in [5.41, 5.74) is 4.52. The van der Waals surface area contributed by atoms with Crippen LogP contribution in [-0.2, 0) is 23.8 Å². The summed E-state index contributed by atoms with van der Waals surface area (Å²) in [5.74, 6) is 1.33. The predicted octanol–water partition coefficient (Wildman–Crippen LogP) is 1.94. The molecule has 1 aliphatic heterocycles. The van der Waals surface area contributed by atoms with Gasteiger partial charge in [-0.3, -0.25) is 9.59 Å². The van der Waals surface area contributed by atoms with Gasteiger partial charge in [-0.1, -0.05) is 32.1 Å². The van der Waals surface area contributed by atoms with Gasteiger partial charge in [0, 0.05) is 13.3 Å². The molecule has 0 amide bonds. The molecule has 32 heavy (non-hydrogen) atoms. The number of anilines is 1. The molecule has 1 unspecified atom stereocenters. The first-order valence-electron chi connectivity index (χ1n) is 10.4. The highest BCUT2D eigenvalue weighted by molar-refractivity contribution is 5.81. The van der Waals surface area contributed by atoms with E-state index in [2.05, 4.69) is 27.8 Å². The number of esters is 2. The number of carbonyl (C=O) groups is 2. The van der Waals surface area contributed by atoms with Crippen molar-refractivity contribution in [3.63, 3.8) is 0 Å². The number of unbranched alkanes of at least 4 members (excludes halogenated alkanes) is 3. The molecular formula is C21H26FN5O5. The van der Waals surface area contributed by atoms with E-state index in [-0.39, 0.29) is 36.6 Å². The molecule has 3 rings (SSSR count). The molecule has 2 aromatic heterocycles. The van der Waals surface area contributed by atoms with Crippen molar-refractivity contribution in [3.8, 4) is 12.3 Å². The molecule has 2 aromatic rings. The molecule has 3 heterocycles. The largest absolute Gasteiger partial charge is 0.462 e. The van der Waals surface area contributed by atoms with E-state index in [1.54, 1.807) is 0 Å². The highest BCUT2D eigenvalue weighted by atomic mass is 19.1. The van der Waals surface area contributed by atoms with Crippen LogP contribution in [0.15, 0.2) is 6.33 Å². The van der Waals surface area contributed by atoms with Gasteiger partial charge in [0.2, 0.25) is 5.60 Å². The van der Waals surface area contributed by atoms with Gasteiger partial charge in [0.1, 0.15) is 18.2 Å². The van der Waals surface area contributed by atoms with Gasteiger partial charge in [0.15, 0.2) is 17.6 Å². The van der Waals surface area contributed by atoms with Gasteiger partial charge >= 0.3 is 18.0 Å². The Morgan fingerprint density at radius 1 is 1.41 bits per heavy atom. The summed E-state index contributed by atoms with van der Waals surface area (Å²) in [7, 11) is 0. The van der Waals surface area contributed by atoms with Gasteiger partial charge in [-0.25, -0.2) is 4.98 Å². The average molecular weight is 447 g/mol. The van der Waals surface area contributed by atoms with Crippen LogP contribution in [0.1, 0.15) is 52.0 Å². The van der Waals surface area contributed by atoms with Crippen LogP contribution in [0, 0.1) is 18.4 Å². The minimum Gasteiger partial charge on any atom is -0.462 e. The lowest BCUT2D eigenvalue weighted by Gasteiger charge is -2.30. The molecule has 0 aliphatic carbocycles. The van der Waals surface area contributed by atoms with Crippen molar-refractivity contribution >= 4 is 28.9 Å². The molecule has 0 radical (unpaired) electrons. The number of rotatable bonds is 9. The minimum atomic E-state index is -1.52. The number of nitrogens with zero attached hydrogens (tertiary/aromatic N) is 4. The van der Waals surface area contributed by atoms with Crippen molar-refractivity contribution in [1.82, 2.24) is 19.5 Å². The Kier molecular flexibility index (Phi) is 7.25. The highest BCUT2D eigenvalue weighted by Gasteiger charge is 2.54. The van der Waals surface area contributed by atoms with Crippen LogP contribution < -0.4 is 5.73 Å². The molecule has 11 heteroatoms. The summed E-state index contributed by atoms with van der Waals surface area (Å²) in [4.78, 5) is 35.4. The van der Waals surface area contributed by atoms with Crippen LogP contribution in [0.25, 0.3) is 11.2 Å². The van der Waals surface area contributed by atoms with Crippen molar-refractivity contribution in [2.75, 3.05) is 18.9 Å². The molecular weight excluding hydrogens is 421 g/mol. The van der Waals surface area contributed by atoms with Crippen LogP contribution >= 0.6 is 0 Å². The first-order valence-corrected chi connectivity index (χ1v) is 10.4. The van der Waals surface area contributed by atoms with E-state index in [1.165, 1.54) is 17.8 Å². The summed E-state index contributed by atoms with van der Waals surface area (Å²) in [6.07, 6.45) is 8.87. The topological polar surface area (TPSA) is 131 Å². The third kappa shape index (κ3) is 4.80. The first kappa shape index (κ1) is 23.4. The van der Waals surface area contributed by atoms with E-state index < -0.39 is 35.8 Å². The van der Waals surface area contributed by atoms with Gasteiger partial charge < -0.3 is 24.5 Å². The molecule has 0 aromatic carbocycles. The van der Waals surface area contributed by atoms with E-state index in [1.807, 2.05) is 0 Å². The zero-order valence-corrected chi connectivity index (χ0v) is 18.0. The summed E-state index contributed by atoms with van der Waals surface area (Å²) < 4.78 is 32.0. The second-order valence-electron chi connectivity index (χ2n) is 7.62. The maximum atomic E-state index is 13.8. The van der Waals surface area contributed by atoms with Crippen molar-refractivity contribution in [1.29, 1.82) is 0 Å². The van der Waals surface area contributed by atoms with E-state index in [4.69, 9.17) is 26.4 Å². The summed E-state index contributed by atoms with van der Waals surface area (Å²) >= 11 is 0. The fourth-order valence-electron chi connectivity index (χ4n) is 3.66. The van der Waals surface area contributed by atoms with E-state index in [9.17, 15) is 14.0 Å². The molecule has 1 saturated heterocycles. The Balaban J connectivity index is 1.93.